The van der Waals surface area contributed by atoms with E-state index in [4.69, 9.17) is 9.47 Å². The molecule has 12 heteroatoms. The molecule has 0 amide bonds. The number of hydrogen-bond acceptors (Lipinski definition) is 9. The minimum Gasteiger partial charge on any atom is -0.493 e. The van der Waals surface area contributed by atoms with Crippen LogP contribution in [0.15, 0.2) is 28.5 Å². The highest BCUT2D eigenvalue weighted by molar-refractivity contribution is 7.98. The number of aryl methyl sites for hydroxylation is 2. The minimum absolute atomic E-state index is 0.0275. The zero-order valence-corrected chi connectivity index (χ0v) is 18.0. The van der Waals surface area contributed by atoms with Crippen molar-refractivity contribution in [2.24, 2.45) is 5.10 Å². The van der Waals surface area contributed by atoms with Gasteiger partial charge in [-0.15, -0.1) is 10.2 Å². The van der Waals surface area contributed by atoms with E-state index < -0.39 is 4.92 Å². The van der Waals surface area contributed by atoms with Crippen molar-refractivity contribution in [1.82, 2.24) is 24.7 Å². The Kier molecular flexibility index (Phi) is 6.35. The molecule has 0 bridgehead atoms. The average Bonchev–Trinajstić information content (AvgIpc) is 3.22. The van der Waals surface area contributed by atoms with Gasteiger partial charge in [-0.3, -0.25) is 14.8 Å². The molecule has 0 aliphatic carbocycles. The fourth-order valence-electron chi connectivity index (χ4n) is 2.82. The highest BCUT2D eigenvalue weighted by Crippen LogP contribution is 2.28. The van der Waals surface area contributed by atoms with E-state index in [0.29, 0.717) is 39.7 Å². The molecule has 0 N–H and O–H groups in total. The predicted molar refractivity (Wildman–Crippen MR) is 112 cm³/mol. The smallest absolute Gasteiger partial charge is 0.312 e. The Hall–Kier alpha value is -3.41. The fourth-order valence-corrected chi connectivity index (χ4v) is 3.70. The SMILES string of the molecule is COc1ccc(/C=N\n2c(C)nnc2SCn2nc(C)c([N+](=O)[O-])c2C)cc1OC. The van der Waals surface area contributed by atoms with E-state index in [9.17, 15) is 10.1 Å². The third kappa shape index (κ3) is 4.27. The van der Waals surface area contributed by atoms with Crippen LogP contribution in [-0.2, 0) is 5.88 Å². The second-order valence-electron chi connectivity index (χ2n) is 6.25. The lowest BCUT2D eigenvalue weighted by Gasteiger charge is -2.07. The van der Waals surface area contributed by atoms with Gasteiger partial charge in [-0.2, -0.15) is 14.9 Å². The number of rotatable bonds is 8. The molecule has 0 aliphatic heterocycles. The van der Waals surface area contributed by atoms with E-state index in [0.717, 1.165) is 5.56 Å². The van der Waals surface area contributed by atoms with Gasteiger partial charge < -0.3 is 9.47 Å². The first kappa shape index (κ1) is 21.3. The lowest BCUT2D eigenvalue weighted by molar-refractivity contribution is -0.386. The van der Waals surface area contributed by atoms with Gasteiger partial charge in [0, 0.05) is 0 Å². The molecule has 30 heavy (non-hydrogen) atoms. The summed E-state index contributed by atoms with van der Waals surface area (Å²) < 4.78 is 13.7. The topological polar surface area (TPSA) is 122 Å². The number of thioether (sulfide) groups is 1. The Labute approximate surface area is 176 Å². The average molecular weight is 431 g/mol. The van der Waals surface area contributed by atoms with Crippen LogP contribution in [0.25, 0.3) is 0 Å². The van der Waals surface area contributed by atoms with Crippen LogP contribution in [0.3, 0.4) is 0 Å². The molecule has 11 nitrogen and oxygen atoms in total. The zero-order valence-electron chi connectivity index (χ0n) is 17.2. The molecular formula is C18H21N7O4S. The first-order valence-electron chi connectivity index (χ1n) is 8.85. The monoisotopic (exact) mass is 431 g/mol. The minimum atomic E-state index is -0.418. The molecular weight excluding hydrogens is 410 g/mol. The van der Waals surface area contributed by atoms with Crippen molar-refractivity contribution in [2.45, 2.75) is 31.8 Å². The van der Waals surface area contributed by atoms with Crippen molar-refractivity contribution in [3.8, 4) is 11.5 Å². The maximum atomic E-state index is 11.2. The van der Waals surface area contributed by atoms with Crippen LogP contribution in [0.4, 0.5) is 5.69 Å². The molecule has 0 unspecified atom stereocenters. The van der Waals surface area contributed by atoms with Gasteiger partial charge in [0.05, 0.1) is 31.2 Å². The van der Waals surface area contributed by atoms with Gasteiger partial charge in [0.2, 0.25) is 5.16 Å². The number of nitrogens with zero attached hydrogens (tertiary/aromatic N) is 7. The molecule has 2 heterocycles. The van der Waals surface area contributed by atoms with Gasteiger partial charge in [0.1, 0.15) is 11.4 Å². The number of benzene rings is 1. The fraction of sp³-hybridized carbons (Fsp3) is 0.333. The van der Waals surface area contributed by atoms with Crippen LogP contribution >= 0.6 is 11.8 Å². The second-order valence-corrected chi connectivity index (χ2v) is 7.16. The van der Waals surface area contributed by atoms with Crippen molar-refractivity contribution in [3.05, 3.63) is 51.1 Å². The maximum Gasteiger partial charge on any atom is 0.312 e. The molecule has 3 rings (SSSR count). The number of ether oxygens (including phenoxy) is 2. The summed E-state index contributed by atoms with van der Waals surface area (Å²) in [6.45, 7) is 5.08. The van der Waals surface area contributed by atoms with Crippen molar-refractivity contribution >= 4 is 23.7 Å². The van der Waals surface area contributed by atoms with Crippen LogP contribution in [0.2, 0.25) is 0 Å². The Morgan fingerprint density at radius 3 is 2.57 bits per heavy atom. The standard InChI is InChI=1S/C18H21N7O4S/c1-11-17(25(26)27)12(2)23(22-11)10-30-18-21-20-13(3)24(18)19-9-14-6-7-15(28-4)16(8-14)29-5/h6-9H,10H2,1-5H3/b19-9-. The second kappa shape index (κ2) is 8.95. The van der Waals surface area contributed by atoms with Gasteiger partial charge in [-0.25, -0.2) is 0 Å². The van der Waals surface area contributed by atoms with Crippen molar-refractivity contribution in [3.63, 3.8) is 0 Å². The molecule has 0 spiro atoms. The number of methoxy groups -OCH3 is 2. The number of nitro groups is 1. The Bertz CT molecular complexity index is 1110. The van der Waals surface area contributed by atoms with E-state index >= 15 is 0 Å². The Morgan fingerprint density at radius 2 is 1.93 bits per heavy atom. The van der Waals surface area contributed by atoms with E-state index in [1.165, 1.54) is 11.8 Å². The summed E-state index contributed by atoms with van der Waals surface area (Å²) in [4.78, 5) is 10.8. The Balaban J connectivity index is 1.80. The Morgan fingerprint density at radius 1 is 1.20 bits per heavy atom. The van der Waals surface area contributed by atoms with Crippen molar-refractivity contribution in [2.75, 3.05) is 14.2 Å². The summed E-state index contributed by atoms with van der Waals surface area (Å²) in [5, 5.41) is 28.6. The molecule has 0 atom stereocenters. The molecule has 1 aromatic carbocycles. The van der Waals surface area contributed by atoms with Gasteiger partial charge in [0.15, 0.2) is 17.3 Å². The molecule has 0 fully saturated rings. The van der Waals surface area contributed by atoms with Crippen LogP contribution in [0, 0.1) is 30.9 Å². The maximum absolute atomic E-state index is 11.2. The number of aromatic nitrogens is 5. The van der Waals surface area contributed by atoms with Crippen LogP contribution in [-0.4, -0.2) is 50.0 Å². The molecule has 158 valence electrons. The van der Waals surface area contributed by atoms with E-state index in [1.807, 2.05) is 12.1 Å². The molecule has 3 aromatic rings. The van der Waals surface area contributed by atoms with Crippen molar-refractivity contribution < 1.29 is 14.4 Å². The predicted octanol–water partition coefficient (Wildman–Crippen LogP) is 2.96. The van der Waals surface area contributed by atoms with Crippen LogP contribution in [0.5, 0.6) is 11.5 Å². The van der Waals surface area contributed by atoms with Crippen LogP contribution < -0.4 is 9.47 Å². The first-order valence-corrected chi connectivity index (χ1v) is 9.83. The normalized spacial score (nSPS) is 11.2. The summed E-state index contributed by atoms with van der Waals surface area (Å²) in [7, 11) is 3.15. The summed E-state index contributed by atoms with van der Waals surface area (Å²) in [6, 6.07) is 5.46. The summed E-state index contributed by atoms with van der Waals surface area (Å²) >= 11 is 1.33. The molecule has 0 saturated carbocycles. The quantitative estimate of drug-likeness (QED) is 0.231. The van der Waals surface area contributed by atoms with Gasteiger partial charge >= 0.3 is 5.69 Å². The lowest BCUT2D eigenvalue weighted by atomic mass is 10.2. The summed E-state index contributed by atoms with van der Waals surface area (Å²) in [6.07, 6.45) is 1.66. The molecule has 2 aromatic heterocycles. The highest BCUT2D eigenvalue weighted by Gasteiger charge is 2.22. The van der Waals surface area contributed by atoms with E-state index in [1.54, 1.807) is 56.6 Å². The molecule has 0 radical (unpaired) electrons. The molecule has 0 saturated heterocycles. The van der Waals surface area contributed by atoms with Crippen LogP contribution in [0.1, 0.15) is 22.8 Å². The molecule has 0 aliphatic rings. The van der Waals surface area contributed by atoms with Gasteiger partial charge in [-0.1, -0.05) is 11.8 Å². The number of hydrogen-bond donors (Lipinski definition) is 0. The summed E-state index contributed by atoms with van der Waals surface area (Å²) in [5.41, 5.74) is 1.70. The third-order valence-corrected chi connectivity index (χ3v) is 5.23. The summed E-state index contributed by atoms with van der Waals surface area (Å²) in [5.74, 6) is 2.17. The van der Waals surface area contributed by atoms with Crippen molar-refractivity contribution in [1.29, 1.82) is 0 Å². The lowest BCUT2D eigenvalue weighted by Crippen LogP contribution is -2.02. The first-order chi connectivity index (χ1) is 14.3. The van der Waals surface area contributed by atoms with E-state index in [2.05, 4.69) is 20.4 Å². The third-order valence-electron chi connectivity index (χ3n) is 4.34. The van der Waals surface area contributed by atoms with Gasteiger partial charge in [0.25, 0.3) is 0 Å². The van der Waals surface area contributed by atoms with Gasteiger partial charge in [-0.05, 0) is 44.5 Å². The zero-order chi connectivity index (χ0) is 21.8. The largest absolute Gasteiger partial charge is 0.493 e. The highest BCUT2D eigenvalue weighted by atomic mass is 32.2. The van der Waals surface area contributed by atoms with E-state index in [-0.39, 0.29) is 5.69 Å².